The summed E-state index contributed by atoms with van der Waals surface area (Å²) in [4.78, 5) is 0. The molecule has 1 nitrogen and oxygen atoms in total. The van der Waals surface area contributed by atoms with Crippen molar-refractivity contribution in [1.82, 2.24) is 0 Å². The van der Waals surface area contributed by atoms with E-state index in [9.17, 15) is 4.11 Å². The monoisotopic (exact) mass is 508 g/mol. The average Bonchev–Trinajstić information content (AvgIpc) is 3.49. The van der Waals surface area contributed by atoms with Crippen LogP contribution in [0.15, 0.2) is 150 Å². The molecule has 0 saturated carbocycles. The molecular formula is C38H24O. The number of fused-ring (bicyclic) bond motifs is 4. The van der Waals surface area contributed by atoms with Crippen molar-refractivity contribution in [3.05, 3.63) is 146 Å². The first-order valence-corrected chi connectivity index (χ1v) is 12.4. The lowest BCUT2D eigenvalue weighted by Gasteiger charge is -2.17. The van der Waals surface area contributed by atoms with E-state index in [0.29, 0.717) is 11.1 Å². The van der Waals surface area contributed by atoms with E-state index in [1.54, 1.807) is 42.5 Å². The molecule has 7 aromatic carbocycles. The van der Waals surface area contributed by atoms with Gasteiger partial charge in [-0.05, 0) is 72.2 Å². The Morgan fingerprint density at radius 2 is 1.08 bits per heavy atom. The molecule has 8 aromatic rings. The Morgan fingerprint density at radius 1 is 0.462 bits per heavy atom. The fourth-order valence-electron chi connectivity index (χ4n) is 5.32. The Kier molecular flexibility index (Phi) is 2.92. The first-order valence-electron chi connectivity index (χ1n) is 18.4. The predicted octanol–water partition coefficient (Wildman–Crippen LogP) is 10.9. The lowest BCUT2D eigenvalue weighted by molar-refractivity contribution is 0.617. The molecule has 0 saturated heterocycles. The van der Waals surface area contributed by atoms with E-state index < -0.39 is 66.5 Å². The highest BCUT2D eigenvalue weighted by Crippen LogP contribution is 2.45. The highest BCUT2D eigenvalue weighted by molar-refractivity contribution is 6.21. The lowest BCUT2D eigenvalue weighted by atomic mass is 9.86. The SMILES string of the molecule is [2H]c1oc2c([2H])c(-c3c4c([2H])c([2H])c([2H])c([2H])c4c(-c4ccccc4)c4c([2H])c([2H])c([2H])c([2H])c34)c([2H])c([2H])c2c1-c1cccc2ccccc12. The molecule has 39 heavy (non-hydrogen) atoms. The van der Waals surface area contributed by atoms with Gasteiger partial charge in [-0.15, -0.1) is 0 Å². The number of hydrogen-bond donors (Lipinski definition) is 0. The van der Waals surface area contributed by atoms with Gasteiger partial charge in [0.2, 0.25) is 0 Å². The zero-order chi connectivity index (χ0) is 36.2. The Hall–Kier alpha value is -5.14. The van der Waals surface area contributed by atoms with Gasteiger partial charge >= 0.3 is 0 Å². The molecule has 0 spiro atoms. The summed E-state index contributed by atoms with van der Waals surface area (Å²) >= 11 is 0. The molecule has 1 aromatic heterocycles. The summed E-state index contributed by atoms with van der Waals surface area (Å²) in [7, 11) is 0. The second kappa shape index (κ2) is 8.72. The minimum atomic E-state index is -0.622. The molecule has 0 aliphatic carbocycles. The summed E-state index contributed by atoms with van der Waals surface area (Å²) < 4.78 is 114. The molecule has 0 fully saturated rings. The minimum Gasteiger partial charge on any atom is -0.464 e. The van der Waals surface area contributed by atoms with E-state index in [4.69, 9.17) is 16.8 Å². The fraction of sp³-hybridized carbons (Fsp3) is 0. The molecule has 8 rings (SSSR count). The van der Waals surface area contributed by atoms with Crippen LogP contribution in [0.3, 0.4) is 0 Å². The summed E-state index contributed by atoms with van der Waals surface area (Å²) in [6.07, 6.45) is -0.349. The third kappa shape index (κ3) is 3.41. The highest BCUT2D eigenvalue weighted by atomic mass is 16.3. The van der Waals surface area contributed by atoms with Crippen molar-refractivity contribution in [1.29, 1.82) is 0 Å². The molecule has 0 N–H and O–H groups in total. The van der Waals surface area contributed by atoms with Gasteiger partial charge in [0.05, 0.1) is 21.3 Å². The molecule has 0 bridgehead atoms. The van der Waals surface area contributed by atoms with Crippen LogP contribution in [-0.2, 0) is 0 Å². The second-order valence-corrected chi connectivity index (χ2v) is 9.18. The van der Waals surface area contributed by atoms with Crippen LogP contribution in [0.1, 0.15) is 16.4 Å². The highest BCUT2D eigenvalue weighted by Gasteiger charge is 2.18. The molecule has 0 unspecified atom stereocenters. The molecule has 0 amide bonds. The van der Waals surface area contributed by atoms with Crippen molar-refractivity contribution in [3.63, 3.8) is 0 Å². The van der Waals surface area contributed by atoms with Crippen LogP contribution in [0.4, 0.5) is 0 Å². The summed E-state index contributed by atoms with van der Waals surface area (Å²) in [5.41, 5.74) is 0.565. The molecule has 1 heterocycles. The van der Waals surface area contributed by atoms with Crippen molar-refractivity contribution in [3.8, 4) is 33.4 Å². The van der Waals surface area contributed by atoms with Gasteiger partial charge in [-0.25, -0.2) is 0 Å². The summed E-state index contributed by atoms with van der Waals surface area (Å²) in [6, 6.07) is 15.5. The van der Waals surface area contributed by atoms with Crippen LogP contribution >= 0.6 is 0 Å². The van der Waals surface area contributed by atoms with E-state index >= 15 is 0 Å². The van der Waals surface area contributed by atoms with E-state index in [0.717, 1.165) is 10.8 Å². The predicted molar refractivity (Wildman–Crippen MR) is 165 cm³/mol. The molecule has 0 atom stereocenters. The van der Waals surface area contributed by atoms with Crippen molar-refractivity contribution in [2.75, 3.05) is 0 Å². The van der Waals surface area contributed by atoms with Crippen LogP contribution in [-0.4, -0.2) is 0 Å². The van der Waals surface area contributed by atoms with Crippen molar-refractivity contribution in [2.45, 2.75) is 0 Å². The van der Waals surface area contributed by atoms with Gasteiger partial charge in [-0.1, -0.05) is 127 Å². The number of rotatable bonds is 3. The van der Waals surface area contributed by atoms with E-state index in [1.807, 2.05) is 30.3 Å². The maximum absolute atomic E-state index is 9.49. The molecule has 0 radical (unpaired) electrons. The van der Waals surface area contributed by atoms with Gasteiger partial charge in [-0.3, -0.25) is 0 Å². The maximum atomic E-state index is 9.49. The third-order valence-electron chi connectivity index (χ3n) is 7.03. The maximum Gasteiger partial charge on any atom is 0.135 e. The second-order valence-electron chi connectivity index (χ2n) is 9.18. The van der Waals surface area contributed by atoms with Crippen LogP contribution in [0.25, 0.3) is 76.7 Å². The van der Waals surface area contributed by atoms with Gasteiger partial charge in [-0.2, -0.15) is 0 Å². The number of furan rings is 1. The quantitative estimate of drug-likeness (QED) is 0.216. The van der Waals surface area contributed by atoms with Crippen molar-refractivity contribution in [2.24, 2.45) is 0 Å². The molecule has 0 aliphatic heterocycles. The fourth-order valence-corrected chi connectivity index (χ4v) is 5.32. The summed E-state index contributed by atoms with van der Waals surface area (Å²) in [5, 5.41) is 1.18. The van der Waals surface area contributed by atoms with Gasteiger partial charge in [0.15, 0.2) is 0 Å². The molecule has 1 heteroatoms. The zero-order valence-electron chi connectivity index (χ0n) is 32.3. The van der Waals surface area contributed by atoms with Gasteiger partial charge in [0.1, 0.15) is 6.95 Å². The summed E-state index contributed by atoms with van der Waals surface area (Å²) in [6.45, 7) is 0. The first kappa shape index (κ1) is 13.1. The Bertz CT molecular complexity index is 2740. The normalized spacial score (nSPS) is 15.9. The minimum absolute atomic E-state index is 0.0356. The first-order chi connectivity index (χ1) is 24.4. The zero-order valence-corrected chi connectivity index (χ0v) is 20.3. The molecule has 182 valence electrons. The van der Waals surface area contributed by atoms with Crippen molar-refractivity contribution >= 4 is 43.3 Å². The standard InChI is InChI=1S/C38H24O/c1-2-12-26(13-3-1)37-31-16-6-8-18-33(31)38(34-19-9-7-17-32(34)37)27-21-22-30-35(24-39-36(30)23-27)29-20-10-14-25-11-4-5-15-28(25)29/h1-24H/i6D,7D,8D,9D,16D,17D,18D,19D,21D,22D,23D,24D. The van der Waals surface area contributed by atoms with Crippen LogP contribution in [0, 0.1) is 0 Å². The number of benzene rings is 7. The lowest BCUT2D eigenvalue weighted by Crippen LogP contribution is -1.90. The topological polar surface area (TPSA) is 13.1 Å². The Morgan fingerprint density at radius 3 is 1.79 bits per heavy atom. The third-order valence-corrected chi connectivity index (χ3v) is 7.03. The Labute approximate surface area is 243 Å². The van der Waals surface area contributed by atoms with E-state index in [1.165, 1.54) is 0 Å². The van der Waals surface area contributed by atoms with E-state index in [-0.39, 0.29) is 61.0 Å². The van der Waals surface area contributed by atoms with Crippen LogP contribution in [0.2, 0.25) is 0 Å². The smallest absolute Gasteiger partial charge is 0.135 e. The van der Waals surface area contributed by atoms with Gasteiger partial charge in [0, 0.05) is 10.9 Å². The Balaban J connectivity index is 1.64. The van der Waals surface area contributed by atoms with Gasteiger partial charge in [0.25, 0.3) is 0 Å². The van der Waals surface area contributed by atoms with Gasteiger partial charge < -0.3 is 4.42 Å². The molecule has 0 aliphatic rings. The van der Waals surface area contributed by atoms with Crippen molar-refractivity contribution < 1.29 is 20.9 Å². The largest absolute Gasteiger partial charge is 0.464 e. The van der Waals surface area contributed by atoms with E-state index in [2.05, 4.69) is 0 Å². The summed E-state index contributed by atoms with van der Waals surface area (Å²) in [5.74, 6) is 0. The molecular weight excluding hydrogens is 472 g/mol. The average molecular weight is 509 g/mol. The van der Waals surface area contributed by atoms with Crippen LogP contribution < -0.4 is 0 Å². The number of hydrogen-bond acceptors (Lipinski definition) is 1. The van der Waals surface area contributed by atoms with Crippen LogP contribution in [0.5, 0.6) is 0 Å².